The molecule has 0 aliphatic carbocycles. The molecule has 2 rings (SSSR count). The third kappa shape index (κ3) is 4.53. The molecule has 1 aromatic carbocycles. The maximum absolute atomic E-state index is 13.2. The van der Waals surface area contributed by atoms with Crippen LogP contribution in [0.1, 0.15) is 42.1 Å². The van der Waals surface area contributed by atoms with E-state index in [1.54, 1.807) is 6.92 Å². The Balaban J connectivity index is 2.41. The van der Waals surface area contributed by atoms with Crippen molar-refractivity contribution < 1.29 is 32.7 Å². The van der Waals surface area contributed by atoms with Gasteiger partial charge in [0.1, 0.15) is 0 Å². The van der Waals surface area contributed by atoms with Crippen LogP contribution in [0.3, 0.4) is 0 Å². The first-order chi connectivity index (χ1) is 12.1. The van der Waals surface area contributed by atoms with Crippen LogP contribution in [-0.4, -0.2) is 47.4 Å². The number of hydrogen-bond acceptors (Lipinski definition) is 3. The fourth-order valence-corrected chi connectivity index (χ4v) is 2.79. The Morgan fingerprint density at radius 3 is 2.46 bits per heavy atom. The molecule has 1 N–H and O–H groups in total. The number of hydrogen-bond donors (Lipinski definition) is 1. The molecule has 1 fully saturated rings. The number of anilines is 1. The van der Waals surface area contributed by atoms with Gasteiger partial charge in [-0.25, -0.2) is 0 Å². The first kappa shape index (κ1) is 19.7. The quantitative estimate of drug-likeness (QED) is 0.833. The predicted octanol–water partition coefficient (Wildman–Crippen LogP) is 2.77. The van der Waals surface area contributed by atoms with E-state index in [2.05, 4.69) is 0 Å². The zero-order valence-corrected chi connectivity index (χ0v) is 14.2. The van der Waals surface area contributed by atoms with Gasteiger partial charge in [-0.05, 0) is 31.5 Å². The summed E-state index contributed by atoms with van der Waals surface area (Å²) >= 11 is 0. The second-order valence-electron chi connectivity index (χ2n) is 5.94. The molecule has 142 valence electrons. The van der Waals surface area contributed by atoms with Gasteiger partial charge in [-0.2, -0.15) is 13.2 Å². The molecule has 1 saturated heterocycles. The lowest BCUT2D eigenvalue weighted by Crippen LogP contribution is -2.33. The highest BCUT2D eigenvalue weighted by atomic mass is 19.4. The lowest BCUT2D eigenvalue weighted by atomic mass is 10.1. The lowest BCUT2D eigenvalue weighted by Gasteiger charge is -2.23. The van der Waals surface area contributed by atoms with Gasteiger partial charge in [-0.3, -0.25) is 14.4 Å². The number of halogens is 3. The number of aliphatic carboxylic acids is 1. The summed E-state index contributed by atoms with van der Waals surface area (Å²) in [5, 5.41) is 8.75. The van der Waals surface area contributed by atoms with Crippen LogP contribution >= 0.6 is 0 Å². The number of alkyl halides is 3. The number of carbonyl (C=O) groups excluding carboxylic acids is 2. The maximum atomic E-state index is 13.2. The molecule has 1 aliphatic heterocycles. The van der Waals surface area contributed by atoms with Crippen molar-refractivity contribution in [3.05, 3.63) is 29.3 Å². The van der Waals surface area contributed by atoms with Gasteiger partial charge >= 0.3 is 12.1 Å². The van der Waals surface area contributed by atoms with Crippen LogP contribution in [0, 0.1) is 0 Å². The SMILES string of the molecule is CCN(CCC(=O)O)C(=O)c1cc(N2CCCC2=O)cc(C(F)(F)F)c1. The Hall–Kier alpha value is -2.58. The summed E-state index contributed by atoms with van der Waals surface area (Å²) in [4.78, 5) is 37.5. The van der Waals surface area contributed by atoms with Crippen molar-refractivity contribution in [2.75, 3.05) is 24.5 Å². The van der Waals surface area contributed by atoms with Crippen LogP contribution in [-0.2, 0) is 15.8 Å². The lowest BCUT2D eigenvalue weighted by molar-refractivity contribution is -0.138. The van der Waals surface area contributed by atoms with Crippen LogP contribution < -0.4 is 4.90 Å². The van der Waals surface area contributed by atoms with E-state index in [9.17, 15) is 27.6 Å². The van der Waals surface area contributed by atoms with Crippen LogP contribution in [0.2, 0.25) is 0 Å². The summed E-state index contributed by atoms with van der Waals surface area (Å²) in [6.45, 7) is 1.95. The molecule has 1 aliphatic rings. The standard InChI is InChI=1S/C17H19F3N2O4/c1-2-21(7-5-15(24)25)16(26)11-8-12(17(18,19)20)10-13(9-11)22-6-3-4-14(22)23/h8-10H,2-7H2,1H3,(H,24,25). The molecule has 2 amide bonds. The highest BCUT2D eigenvalue weighted by Crippen LogP contribution is 2.34. The fourth-order valence-electron chi connectivity index (χ4n) is 2.79. The fraction of sp³-hybridized carbons (Fsp3) is 0.471. The van der Waals surface area contributed by atoms with Crippen molar-refractivity contribution in [3.63, 3.8) is 0 Å². The molecule has 6 nitrogen and oxygen atoms in total. The Labute approximate surface area is 148 Å². The number of nitrogens with zero attached hydrogens (tertiary/aromatic N) is 2. The number of rotatable bonds is 6. The monoisotopic (exact) mass is 372 g/mol. The molecule has 0 bridgehead atoms. The average molecular weight is 372 g/mol. The zero-order valence-electron chi connectivity index (χ0n) is 14.2. The molecule has 0 atom stereocenters. The van der Waals surface area contributed by atoms with Gasteiger partial charge in [-0.15, -0.1) is 0 Å². The number of amides is 2. The van der Waals surface area contributed by atoms with Gasteiger partial charge in [0.2, 0.25) is 5.91 Å². The van der Waals surface area contributed by atoms with E-state index in [1.165, 1.54) is 15.9 Å². The van der Waals surface area contributed by atoms with E-state index in [0.29, 0.717) is 13.0 Å². The van der Waals surface area contributed by atoms with Gasteiger partial charge in [0.05, 0.1) is 12.0 Å². The van der Waals surface area contributed by atoms with E-state index in [4.69, 9.17) is 5.11 Å². The Morgan fingerprint density at radius 2 is 1.96 bits per heavy atom. The molecule has 0 radical (unpaired) electrons. The Kier molecular flexibility index (Phi) is 5.89. The second kappa shape index (κ2) is 7.76. The van der Waals surface area contributed by atoms with Crippen molar-refractivity contribution >= 4 is 23.5 Å². The minimum Gasteiger partial charge on any atom is -0.481 e. The highest BCUT2D eigenvalue weighted by molar-refractivity contribution is 5.99. The summed E-state index contributed by atoms with van der Waals surface area (Å²) in [5.41, 5.74) is -1.21. The number of carbonyl (C=O) groups is 3. The minimum atomic E-state index is -4.67. The van der Waals surface area contributed by atoms with Gasteiger partial charge in [0.15, 0.2) is 0 Å². The molecular formula is C17H19F3N2O4. The van der Waals surface area contributed by atoms with E-state index < -0.39 is 23.6 Å². The van der Waals surface area contributed by atoms with E-state index >= 15 is 0 Å². The van der Waals surface area contributed by atoms with E-state index in [1.807, 2.05) is 0 Å². The Morgan fingerprint density at radius 1 is 1.27 bits per heavy atom. The van der Waals surface area contributed by atoms with E-state index in [0.717, 1.165) is 12.1 Å². The van der Waals surface area contributed by atoms with Crippen LogP contribution in [0.15, 0.2) is 18.2 Å². The molecule has 26 heavy (non-hydrogen) atoms. The van der Waals surface area contributed by atoms with Gasteiger partial charge < -0.3 is 14.9 Å². The topological polar surface area (TPSA) is 77.9 Å². The van der Waals surface area contributed by atoms with Gasteiger partial charge in [-0.1, -0.05) is 0 Å². The van der Waals surface area contributed by atoms with Crippen molar-refractivity contribution in [2.45, 2.75) is 32.4 Å². The van der Waals surface area contributed by atoms with Crippen molar-refractivity contribution in [1.29, 1.82) is 0 Å². The van der Waals surface area contributed by atoms with Crippen molar-refractivity contribution in [3.8, 4) is 0 Å². The number of benzene rings is 1. The molecule has 1 heterocycles. The average Bonchev–Trinajstić information content (AvgIpc) is 2.99. The van der Waals surface area contributed by atoms with Gasteiger partial charge in [0, 0.05) is 37.3 Å². The summed E-state index contributed by atoms with van der Waals surface area (Å²) in [7, 11) is 0. The van der Waals surface area contributed by atoms with Gasteiger partial charge in [0.25, 0.3) is 5.91 Å². The summed E-state index contributed by atoms with van der Waals surface area (Å²) in [6, 6.07) is 2.84. The second-order valence-corrected chi connectivity index (χ2v) is 5.94. The molecule has 0 unspecified atom stereocenters. The maximum Gasteiger partial charge on any atom is 0.416 e. The van der Waals surface area contributed by atoms with Crippen LogP contribution in [0.5, 0.6) is 0 Å². The summed E-state index contributed by atoms with van der Waals surface area (Å²) < 4.78 is 39.7. The largest absolute Gasteiger partial charge is 0.481 e. The number of carboxylic acids is 1. The van der Waals surface area contributed by atoms with Crippen LogP contribution in [0.4, 0.5) is 18.9 Å². The third-order valence-electron chi connectivity index (χ3n) is 4.14. The normalized spacial score (nSPS) is 14.6. The summed E-state index contributed by atoms with van der Waals surface area (Å²) in [6.07, 6.45) is -4.20. The molecule has 0 aromatic heterocycles. The molecule has 9 heteroatoms. The number of carboxylic acid groups (broad SMARTS) is 1. The van der Waals surface area contributed by atoms with Crippen LogP contribution in [0.25, 0.3) is 0 Å². The Bertz CT molecular complexity index is 718. The van der Waals surface area contributed by atoms with Crippen molar-refractivity contribution in [2.24, 2.45) is 0 Å². The molecule has 1 aromatic rings. The first-order valence-corrected chi connectivity index (χ1v) is 8.17. The minimum absolute atomic E-state index is 0.0277. The molecule has 0 spiro atoms. The third-order valence-corrected chi connectivity index (χ3v) is 4.14. The molecule has 0 saturated carbocycles. The zero-order chi connectivity index (χ0) is 19.5. The van der Waals surface area contributed by atoms with Crippen molar-refractivity contribution in [1.82, 2.24) is 4.90 Å². The predicted molar refractivity (Wildman–Crippen MR) is 86.9 cm³/mol. The summed E-state index contributed by atoms with van der Waals surface area (Å²) in [5.74, 6) is -2.10. The highest BCUT2D eigenvalue weighted by Gasteiger charge is 2.34. The smallest absolute Gasteiger partial charge is 0.416 e. The molecular weight excluding hydrogens is 353 g/mol. The first-order valence-electron chi connectivity index (χ1n) is 8.17. The van der Waals surface area contributed by atoms with E-state index in [-0.39, 0.29) is 43.1 Å².